The number of halogens is 3. The lowest BCUT2D eigenvalue weighted by molar-refractivity contribution is 0.578. The number of hydrogen-bond acceptors (Lipinski definition) is 4. The van der Waals surface area contributed by atoms with Crippen LogP contribution in [0.4, 0.5) is 14.5 Å². The van der Waals surface area contributed by atoms with Crippen LogP contribution >= 0.6 is 15.9 Å². The summed E-state index contributed by atoms with van der Waals surface area (Å²) in [7, 11) is -4.14. The first-order valence-electron chi connectivity index (χ1n) is 5.67. The first kappa shape index (κ1) is 15.9. The number of aryl methyl sites for hydroxylation is 1. The van der Waals surface area contributed by atoms with Gasteiger partial charge in [0.15, 0.2) is 0 Å². The Kier molecular flexibility index (Phi) is 4.30. The zero-order chi connectivity index (χ0) is 15.8. The highest BCUT2D eigenvalue weighted by Crippen LogP contribution is 2.26. The fourth-order valence-corrected chi connectivity index (χ4v) is 3.30. The third kappa shape index (κ3) is 3.06. The van der Waals surface area contributed by atoms with E-state index in [0.717, 1.165) is 6.07 Å². The van der Waals surface area contributed by atoms with Gasteiger partial charge in [-0.3, -0.25) is 9.82 Å². The Hall–Kier alpha value is -1.52. The Labute approximate surface area is 127 Å². The maximum absolute atomic E-state index is 13.6. The smallest absolute Gasteiger partial charge is 0.281 e. The third-order valence-corrected chi connectivity index (χ3v) is 4.69. The van der Waals surface area contributed by atoms with Gasteiger partial charge in [-0.15, -0.1) is 0 Å². The summed E-state index contributed by atoms with van der Waals surface area (Å²) in [5.41, 5.74) is 5.87. The normalized spacial score (nSPS) is 11.7. The maximum atomic E-state index is 13.6. The van der Waals surface area contributed by atoms with Crippen LogP contribution in [0, 0.1) is 18.6 Å². The van der Waals surface area contributed by atoms with Crippen LogP contribution in [0.2, 0.25) is 0 Å². The molecule has 0 bridgehead atoms. The Morgan fingerprint density at radius 1 is 1.38 bits per heavy atom. The molecule has 1 aromatic carbocycles. The van der Waals surface area contributed by atoms with Crippen molar-refractivity contribution in [3.05, 3.63) is 39.5 Å². The van der Waals surface area contributed by atoms with Gasteiger partial charge in [0, 0.05) is 23.9 Å². The molecule has 114 valence electrons. The zero-order valence-corrected chi connectivity index (χ0v) is 13.1. The van der Waals surface area contributed by atoms with E-state index in [9.17, 15) is 17.2 Å². The number of rotatable bonds is 4. The molecule has 0 amide bonds. The number of nitrogens with zero attached hydrogens (tertiary/aromatic N) is 1. The number of sulfonamides is 1. The number of aromatic amines is 1. The largest absolute Gasteiger partial charge is 0.326 e. The number of H-pyrrole nitrogens is 1. The van der Waals surface area contributed by atoms with Gasteiger partial charge in [0.05, 0.1) is 10.2 Å². The van der Waals surface area contributed by atoms with Crippen LogP contribution in [-0.2, 0) is 16.6 Å². The van der Waals surface area contributed by atoms with Crippen molar-refractivity contribution in [3.8, 4) is 0 Å². The second kappa shape index (κ2) is 5.70. The molecular formula is C11H11BrF2N4O2S. The van der Waals surface area contributed by atoms with E-state index >= 15 is 0 Å². The van der Waals surface area contributed by atoms with E-state index in [1.165, 1.54) is 0 Å². The van der Waals surface area contributed by atoms with Crippen LogP contribution in [0.15, 0.2) is 21.6 Å². The predicted octanol–water partition coefficient (Wildman–Crippen LogP) is 2.02. The van der Waals surface area contributed by atoms with Crippen LogP contribution in [-0.4, -0.2) is 18.6 Å². The fourth-order valence-electron chi connectivity index (χ4n) is 1.69. The molecule has 0 radical (unpaired) electrons. The predicted molar refractivity (Wildman–Crippen MR) is 76.1 cm³/mol. The molecule has 2 aromatic rings. The molecule has 4 N–H and O–H groups in total. The molecule has 1 aromatic heterocycles. The average Bonchev–Trinajstić information content (AvgIpc) is 2.77. The average molecular weight is 381 g/mol. The van der Waals surface area contributed by atoms with E-state index in [1.54, 1.807) is 6.92 Å². The van der Waals surface area contributed by atoms with Crippen molar-refractivity contribution >= 4 is 31.6 Å². The van der Waals surface area contributed by atoms with Crippen molar-refractivity contribution in [2.45, 2.75) is 18.5 Å². The monoisotopic (exact) mass is 380 g/mol. The minimum absolute atomic E-state index is 0.0474. The summed E-state index contributed by atoms with van der Waals surface area (Å²) in [5.74, 6) is -1.88. The van der Waals surface area contributed by atoms with E-state index in [-0.39, 0.29) is 16.0 Å². The van der Waals surface area contributed by atoms with Crippen LogP contribution in [0.25, 0.3) is 0 Å². The van der Waals surface area contributed by atoms with Crippen molar-refractivity contribution in [1.29, 1.82) is 0 Å². The summed E-state index contributed by atoms with van der Waals surface area (Å²) < 4.78 is 53.2. The van der Waals surface area contributed by atoms with Gasteiger partial charge in [-0.25, -0.2) is 8.78 Å². The molecule has 21 heavy (non-hydrogen) atoms. The van der Waals surface area contributed by atoms with Crippen LogP contribution < -0.4 is 10.5 Å². The molecule has 0 aliphatic rings. The standard InChI is InChI=1S/C11H11BrF2N4O2S/c1-5-6(4-15)11(17-16-5)21(19,20)18-10-2-7(12)8(13)3-9(10)14/h2-3,18H,4,15H2,1H3,(H,16,17). The van der Waals surface area contributed by atoms with Crippen molar-refractivity contribution in [1.82, 2.24) is 10.2 Å². The van der Waals surface area contributed by atoms with Gasteiger partial charge < -0.3 is 5.73 Å². The molecule has 0 spiro atoms. The SMILES string of the molecule is Cc1[nH]nc(S(=O)(=O)Nc2cc(Br)c(F)cc2F)c1CN. The Morgan fingerprint density at radius 3 is 2.67 bits per heavy atom. The van der Waals surface area contributed by atoms with Crippen molar-refractivity contribution in [2.75, 3.05) is 4.72 Å². The van der Waals surface area contributed by atoms with Crippen LogP contribution in [0.3, 0.4) is 0 Å². The van der Waals surface area contributed by atoms with Gasteiger partial charge in [0.25, 0.3) is 10.0 Å². The molecule has 0 aliphatic carbocycles. The van der Waals surface area contributed by atoms with E-state index in [0.29, 0.717) is 17.3 Å². The molecule has 0 atom stereocenters. The first-order chi connectivity index (χ1) is 9.76. The first-order valence-corrected chi connectivity index (χ1v) is 7.95. The molecule has 10 heteroatoms. The molecule has 1 heterocycles. The summed E-state index contributed by atoms with van der Waals surface area (Å²) in [6.07, 6.45) is 0. The number of nitrogens with one attached hydrogen (secondary N) is 2. The van der Waals surface area contributed by atoms with Crippen LogP contribution in [0.1, 0.15) is 11.3 Å². The molecule has 0 saturated heterocycles. The lowest BCUT2D eigenvalue weighted by Crippen LogP contribution is -2.17. The molecule has 0 unspecified atom stereocenters. The van der Waals surface area contributed by atoms with Gasteiger partial charge in [0.1, 0.15) is 11.6 Å². The topological polar surface area (TPSA) is 101 Å². The molecule has 0 fully saturated rings. The van der Waals surface area contributed by atoms with Crippen molar-refractivity contribution < 1.29 is 17.2 Å². The van der Waals surface area contributed by atoms with Gasteiger partial charge in [0.2, 0.25) is 5.03 Å². The Bertz CT molecular complexity index is 792. The third-order valence-electron chi connectivity index (χ3n) is 2.75. The second-order valence-electron chi connectivity index (χ2n) is 4.19. The lowest BCUT2D eigenvalue weighted by Gasteiger charge is -2.09. The molecule has 6 nitrogen and oxygen atoms in total. The number of anilines is 1. The lowest BCUT2D eigenvalue weighted by atomic mass is 10.3. The molecular weight excluding hydrogens is 370 g/mol. The summed E-state index contributed by atoms with van der Waals surface area (Å²) in [5, 5.41) is 5.85. The highest BCUT2D eigenvalue weighted by molar-refractivity contribution is 9.10. The highest BCUT2D eigenvalue weighted by Gasteiger charge is 2.24. The minimum atomic E-state index is -4.14. The van der Waals surface area contributed by atoms with Gasteiger partial charge in [-0.2, -0.15) is 13.5 Å². The second-order valence-corrected chi connectivity index (χ2v) is 6.64. The van der Waals surface area contributed by atoms with Gasteiger partial charge in [-0.05, 0) is 28.9 Å². The van der Waals surface area contributed by atoms with E-state index in [4.69, 9.17) is 5.73 Å². The summed E-state index contributed by atoms with van der Waals surface area (Å²) in [6.45, 7) is 1.57. The summed E-state index contributed by atoms with van der Waals surface area (Å²) in [6, 6.07) is 1.56. The number of nitrogens with two attached hydrogens (primary N) is 1. The fraction of sp³-hybridized carbons (Fsp3) is 0.182. The molecule has 2 rings (SSSR count). The number of aromatic nitrogens is 2. The maximum Gasteiger partial charge on any atom is 0.281 e. The van der Waals surface area contributed by atoms with E-state index in [2.05, 4.69) is 26.1 Å². The Balaban J connectivity index is 2.45. The zero-order valence-electron chi connectivity index (χ0n) is 10.7. The van der Waals surface area contributed by atoms with Crippen molar-refractivity contribution in [2.24, 2.45) is 5.73 Å². The molecule has 0 aliphatic heterocycles. The number of benzene rings is 1. The minimum Gasteiger partial charge on any atom is -0.326 e. The molecule has 0 saturated carbocycles. The van der Waals surface area contributed by atoms with E-state index in [1.807, 2.05) is 4.72 Å². The van der Waals surface area contributed by atoms with Crippen molar-refractivity contribution in [3.63, 3.8) is 0 Å². The van der Waals surface area contributed by atoms with E-state index < -0.39 is 27.3 Å². The number of hydrogen-bond donors (Lipinski definition) is 3. The summed E-state index contributed by atoms with van der Waals surface area (Å²) >= 11 is 2.86. The Morgan fingerprint density at radius 2 is 2.05 bits per heavy atom. The van der Waals surface area contributed by atoms with Gasteiger partial charge in [-0.1, -0.05) is 0 Å². The highest BCUT2D eigenvalue weighted by atomic mass is 79.9. The van der Waals surface area contributed by atoms with Crippen LogP contribution in [0.5, 0.6) is 0 Å². The quantitative estimate of drug-likeness (QED) is 0.706. The summed E-state index contributed by atoms with van der Waals surface area (Å²) in [4.78, 5) is 0. The van der Waals surface area contributed by atoms with Gasteiger partial charge >= 0.3 is 0 Å².